The lowest BCUT2D eigenvalue weighted by molar-refractivity contribution is -0.899. The van der Waals surface area contributed by atoms with E-state index in [2.05, 4.69) is 58.3 Å². The van der Waals surface area contributed by atoms with Gasteiger partial charge in [0.15, 0.2) is 0 Å². The highest BCUT2D eigenvalue weighted by molar-refractivity contribution is 5.32. The van der Waals surface area contributed by atoms with Crippen LogP contribution in [0.15, 0.2) is 66.2 Å². The Balaban J connectivity index is 1.38. The highest BCUT2D eigenvalue weighted by atomic mass is 16.5. The average molecular weight is 363 g/mol. The van der Waals surface area contributed by atoms with Crippen LogP contribution < -0.4 is 4.74 Å². The van der Waals surface area contributed by atoms with E-state index in [0.717, 1.165) is 40.9 Å². The van der Waals surface area contributed by atoms with E-state index in [0.29, 0.717) is 5.41 Å². The third kappa shape index (κ3) is 3.82. The first kappa shape index (κ1) is 18.3. The number of rotatable bonds is 6. The molecule has 5 rings (SSSR count). The second kappa shape index (κ2) is 6.83. The second-order valence-corrected chi connectivity index (χ2v) is 9.63. The summed E-state index contributed by atoms with van der Waals surface area (Å²) >= 11 is 0. The molecule has 1 saturated carbocycles. The maximum absolute atomic E-state index is 5.91. The molecule has 0 radical (unpaired) electrons. The zero-order chi connectivity index (χ0) is 19.1. The predicted octanol–water partition coefficient (Wildman–Crippen LogP) is 6.05. The van der Waals surface area contributed by atoms with Gasteiger partial charge in [-0.1, -0.05) is 38.1 Å². The molecule has 2 aromatic rings. The van der Waals surface area contributed by atoms with Crippen LogP contribution in [0.25, 0.3) is 0 Å². The average Bonchev–Trinajstić information content (AvgIpc) is 2.63. The van der Waals surface area contributed by atoms with Crippen molar-refractivity contribution in [3.63, 3.8) is 0 Å². The van der Waals surface area contributed by atoms with E-state index in [-0.39, 0.29) is 0 Å². The molecule has 142 valence electrons. The van der Waals surface area contributed by atoms with Crippen molar-refractivity contribution in [2.45, 2.75) is 33.2 Å². The van der Waals surface area contributed by atoms with Crippen LogP contribution in [0.1, 0.15) is 32.3 Å². The van der Waals surface area contributed by atoms with Crippen molar-refractivity contribution in [1.82, 2.24) is 0 Å². The number of benzene rings is 2. The van der Waals surface area contributed by atoms with E-state index < -0.39 is 0 Å². The van der Waals surface area contributed by atoms with Crippen LogP contribution in [-0.2, 0) is 6.54 Å². The maximum Gasteiger partial charge on any atom is 0.127 e. The van der Waals surface area contributed by atoms with Gasteiger partial charge in [0, 0.05) is 5.56 Å². The number of para-hydroxylation sites is 1. The van der Waals surface area contributed by atoms with Gasteiger partial charge in [0.25, 0.3) is 0 Å². The summed E-state index contributed by atoms with van der Waals surface area (Å²) in [5.74, 6) is 3.49. The highest BCUT2D eigenvalue weighted by Crippen LogP contribution is 2.59. The van der Waals surface area contributed by atoms with Crippen molar-refractivity contribution in [3.8, 4) is 11.5 Å². The van der Waals surface area contributed by atoms with Gasteiger partial charge in [-0.3, -0.25) is 0 Å². The Morgan fingerprint density at radius 2 is 1.59 bits per heavy atom. The van der Waals surface area contributed by atoms with E-state index in [9.17, 15) is 0 Å². The summed E-state index contributed by atoms with van der Waals surface area (Å²) in [5, 5.41) is 0. The highest BCUT2D eigenvalue weighted by Gasteiger charge is 2.52. The van der Waals surface area contributed by atoms with Gasteiger partial charge >= 0.3 is 0 Å². The number of ether oxygens (including phenoxy) is 1. The van der Waals surface area contributed by atoms with Gasteiger partial charge in [-0.2, -0.15) is 0 Å². The van der Waals surface area contributed by atoms with E-state index in [4.69, 9.17) is 4.74 Å². The third-order valence-corrected chi connectivity index (χ3v) is 6.71. The number of quaternary nitrogens is 1. The second-order valence-electron chi connectivity index (χ2n) is 9.63. The molecule has 0 spiro atoms. The Kier molecular flexibility index (Phi) is 4.63. The molecule has 2 atom stereocenters. The molecule has 3 aliphatic carbocycles. The molecule has 27 heavy (non-hydrogen) atoms. The molecule has 1 fully saturated rings. The molecule has 0 unspecified atom stereocenters. The Morgan fingerprint density at radius 3 is 2.22 bits per heavy atom. The molecular formula is C25H32NO+. The van der Waals surface area contributed by atoms with Crippen LogP contribution in [0.2, 0.25) is 0 Å². The number of hydrogen-bond acceptors (Lipinski definition) is 1. The molecule has 0 heterocycles. The lowest BCUT2D eigenvalue weighted by Gasteiger charge is -2.57. The molecular weight excluding hydrogens is 330 g/mol. The summed E-state index contributed by atoms with van der Waals surface area (Å²) in [5.41, 5.74) is 3.57. The van der Waals surface area contributed by atoms with Crippen molar-refractivity contribution < 1.29 is 9.22 Å². The number of nitrogens with zero attached hydrogens (tertiary/aromatic N) is 1. The van der Waals surface area contributed by atoms with E-state index in [1.807, 2.05) is 30.3 Å². The normalized spacial score (nSPS) is 23.3. The fraction of sp³-hybridized carbons (Fsp3) is 0.440. The fourth-order valence-electron chi connectivity index (χ4n) is 4.99. The van der Waals surface area contributed by atoms with Crippen LogP contribution in [0, 0.1) is 17.3 Å². The molecule has 0 N–H and O–H groups in total. The Hall–Kier alpha value is -2.06. The lowest BCUT2D eigenvalue weighted by atomic mass is 9.49. The SMILES string of the molecule is CC1(C)[C@H]2CC=C(C[N+](C)(C)Cc3ccc(Oc4ccccc4)cc3)[C@@H]1C2. The van der Waals surface area contributed by atoms with E-state index >= 15 is 0 Å². The minimum absolute atomic E-state index is 0.514. The van der Waals surface area contributed by atoms with Gasteiger partial charge in [0.1, 0.15) is 24.6 Å². The zero-order valence-electron chi connectivity index (χ0n) is 17.1. The Bertz CT molecular complexity index is 817. The van der Waals surface area contributed by atoms with Gasteiger partial charge in [-0.05, 0) is 72.1 Å². The first-order chi connectivity index (χ1) is 12.8. The summed E-state index contributed by atoms with van der Waals surface area (Å²) < 4.78 is 6.91. The first-order valence-corrected chi connectivity index (χ1v) is 10.2. The summed E-state index contributed by atoms with van der Waals surface area (Å²) in [7, 11) is 4.71. The summed E-state index contributed by atoms with van der Waals surface area (Å²) in [4.78, 5) is 0. The van der Waals surface area contributed by atoms with Gasteiger partial charge in [-0.25, -0.2) is 0 Å². The first-order valence-electron chi connectivity index (χ1n) is 10.2. The van der Waals surface area contributed by atoms with Crippen molar-refractivity contribution >= 4 is 0 Å². The van der Waals surface area contributed by atoms with Crippen LogP contribution in [0.5, 0.6) is 11.5 Å². The largest absolute Gasteiger partial charge is 0.457 e. The number of hydrogen-bond donors (Lipinski definition) is 0. The van der Waals surface area contributed by atoms with Crippen LogP contribution in [0.4, 0.5) is 0 Å². The number of fused-ring (bicyclic) bond motifs is 1. The predicted molar refractivity (Wildman–Crippen MR) is 112 cm³/mol. The van der Waals surface area contributed by atoms with Crippen molar-refractivity contribution in [1.29, 1.82) is 0 Å². The minimum atomic E-state index is 0.514. The molecule has 0 aliphatic heterocycles. The fourth-order valence-corrected chi connectivity index (χ4v) is 4.99. The van der Waals surface area contributed by atoms with E-state index in [1.165, 1.54) is 18.4 Å². The lowest BCUT2D eigenvalue weighted by Crippen LogP contribution is -2.52. The molecule has 2 nitrogen and oxygen atoms in total. The van der Waals surface area contributed by atoms with Gasteiger partial charge in [0.2, 0.25) is 0 Å². The molecule has 2 aromatic carbocycles. The third-order valence-electron chi connectivity index (χ3n) is 6.71. The van der Waals surface area contributed by atoms with Gasteiger partial charge in [-0.15, -0.1) is 0 Å². The topological polar surface area (TPSA) is 9.23 Å². The summed E-state index contributed by atoms with van der Waals surface area (Å²) in [6.07, 6.45) is 5.23. The van der Waals surface area contributed by atoms with Crippen molar-refractivity contribution in [2.75, 3.05) is 20.6 Å². The van der Waals surface area contributed by atoms with Gasteiger partial charge < -0.3 is 9.22 Å². The molecule has 2 bridgehead atoms. The quantitative estimate of drug-likeness (QED) is 0.449. The molecule has 2 heteroatoms. The maximum atomic E-state index is 5.91. The molecule has 3 aliphatic rings. The van der Waals surface area contributed by atoms with E-state index in [1.54, 1.807) is 5.57 Å². The molecule has 0 saturated heterocycles. The van der Waals surface area contributed by atoms with Crippen LogP contribution in [0.3, 0.4) is 0 Å². The smallest absolute Gasteiger partial charge is 0.127 e. The minimum Gasteiger partial charge on any atom is -0.457 e. The number of allylic oxidation sites excluding steroid dienone is 1. The molecule has 0 aromatic heterocycles. The Morgan fingerprint density at radius 1 is 0.926 bits per heavy atom. The zero-order valence-corrected chi connectivity index (χ0v) is 17.1. The van der Waals surface area contributed by atoms with Crippen LogP contribution in [-0.4, -0.2) is 25.1 Å². The monoisotopic (exact) mass is 362 g/mol. The standard InChI is InChI=1S/C25H32NO/c1-25(2)21-13-12-20(24(25)16-21)18-26(3,4)17-19-10-14-23(15-11-19)27-22-8-6-5-7-9-22/h5-12,14-15,21,24H,13,16-18H2,1-4H3/q+1/t21-,24-/m0/s1. The Labute approximate surface area is 164 Å². The van der Waals surface area contributed by atoms with Crippen molar-refractivity contribution in [2.24, 2.45) is 17.3 Å². The number of likely N-dealkylation sites (N-methyl/N-ethyl adjacent to an activating group) is 1. The molecule has 0 amide bonds. The summed E-state index contributed by atoms with van der Waals surface area (Å²) in [6.45, 7) is 7.12. The summed E-state index contributed by atoms with van der Waals surface area (Å²) in [6, 6.07) is 18.5. The van der Waals surface area contributed by atoms with Gasteiger partial charge in [0.05, 0.1) is 14.1 Å². The van der Waals surface area contributed by atoms with Crippen LogP contribution >= 0.6 is 0 Å². The van der Waals surface area contributed by atoms with Crippen molar-refractivity contribution in [3.05, 3.63) is 71.8 Å².